The quantitative estimate of drug-likeness (QED) is 0.882. The molecule has 5 heteroatoms. The molecular weight excluding hydrogens is 277 g/mol. The van der Waals surface area contributed by atoms with Gasteiger partial charge in [0.15, 0.2) is 0 Å². The minimum atomic E-state index is -4.35. The van der Waals surface area contributed by atoms with Crippen molar-refractivity contribution in [2.45, 2.75) is 19.1 Å². The Morgan fingerprint density at radius 1 is 1.05 bits per heavy atom. The van der Waals surface area contributed by atoms with Crippen molar-refractivity contribution in [2.75, 3.05) is 17.2 Å². The van der Waals surface area contributed by atoms with Gasteiger partial charge < -0.3 is 10.6 Å². The van der Waals surface area contributed by atoms with Crippen LogP contribution in [0.5, 0.6) is 0 Å². The van der Waals surface area contributed by atoms with Crippen LogP contribution in [0.15, 0.2) is 42.5 Å². The molecule has 0 bridgehead atoms. The average Bonchev–Trinajstić information content (AvgIpc) is 2.93. The van der Waals surface area contributed by atoms with Gasteiger partial charge in [-0.1, -0.05) is 30.3 Å². The Morgan fingerprint density at radius 2 is 1.86 bits per heavy atom. The van der Waals surface area contributed by atoms with Gasteiger partial charge >= 0.3 is 6.18 Å². The molecule has 0 aromatic heterocycles. The highest BCUT2D eigenvalue weighted by Gasteiger charge is 2.33. The number of anilines is 2. The third-order valence-electron chi connectivity index (χ3n) is 3.63. The van der Waals surface area contributed by atoms with E-state index in [1.807, 2.05) is 18.2 Å². The van der Waals surface area contributed by atoms with E-state index in [2.05, 4.69) is 10.6 Å². The predicted molar refractivity (Wildman–Crippen MR) is 77.4 cm³/mol. The van der Waals surface area contributed by atoms with E-state index in [0.29, 0.717) is 6.54 Å². The summed E-state index contributed by atoms with van der Waals surface area (Å²) in [6, 6.07) is 11.5. The lowest BCUT2D eigenvalue weighted by molar-refractivity contribution is -0.136. The Balaban J connectivity index is 1.82. The smallest absolute Gasteiger partial charge is 0.384 e. The molecule has 0 atom stereocenters. The number of para-hydroxylation sites is 2. The van der Waals surface area contributed by atoms with E-state index < -0.39 is 11.7 Å². The summed E-state index contributed by atoms with van der Waals surface area (Å²) in [7, 11) is 0. The zero-order valence-corrected chi connectivity index (χ0v) is 11.3. The van der Waals surface area contributed by atoms with Crippen LogP contribution < -0.4 is 10.6 Å². The van der Waals surface area contributed by atoms with Gasteiger partial charge in [0.2, 0.25) is 0 Å². The van der Waals surface area contributed by atoms with Crippen molar-refractivity contribution in [1.82, 2.24) is 0 Å². The molecule has 2 nitrogen and oxygen atoms in total. The van der Waals surface area contributed by atoms with Crippen LogP contribution in [0.2, 0.25) is 0 Å². The van der Waals surface area contributed by atoms with Gasteiger partial charge in [0.1, 0.15) is 0 Å². The van der Waals surface area contributed by atoms with Crippen LogP contribution in [0.4, 0.5) is 24.5 Å². The van der Waals surface area contributed by atoms with E-state index in [4.69, 9.17) is 0 Å². The largest absolute Gasteiger partial charge is 0.418 e. The molecule has 2 aromatic carbocycles. The minimum absolute atomic E-state index is 0.112. The van der Waals surface area contributed by atoms with Crippen LogP contribution in [-0.4, -0.2) is 6.54 Å². The molecular formula is C16H15F3N2. The Morgan fingerprint density at radius 3 is 2.67 bits per heavy atom. The lowest BCUT2D eigenvalue weighted by atomic mass is 10.1. The molecule has 1 aliphatic rings. The Bertz CT molecular complexity index is 650. The number of alkyl halides is 3. The summed E-state index contributed by atoms with van der Waals surface area (Å²) in [5, 5.41) is 6.19. The van der Waals surface area contributed by atoms with Crippen molar-refractivity contribution < 1.29 is 13.2 Å². The first-order valence-corrected chi connectivity index (χ1v) is 6.80. The minimum Gasteiger partial charge on any atom is -0.384 e. The summed E-state index contributed by atoms with van der Waals surface area (Å²) < 4.78 is 38.8. The van der Waals surface area contributed by atoms with Gasteiger partial charge in [0.25, 0.3) is 0 Å². The second kappa shape index (κ2) is 5.31. The van der Waals surface area contributed by atoms with Crippen molar-refractivity contribution in [3.63, 3.8) is 0 Å². The maximum atomic E-state index is 12.9. The summed E-state index contributed by atoms with van der Waals surface area (Å²) >= 11 is 0. The predicted octanol–water partition coefficient (Wildman–Crippen LogP) is 4.29. The molecule has 21 heavy (non-hydrogen) atoms. The van der Waals surface area contributed by atoms with Crippen LogP contribution in [0, 0.1) is 0 Å². The Hall–Kier alpha value is -2.17. The van der Waals surface area contributed by atoms with E-state index in [0.717, 1.165) is 30.3 Å². The van der Waals surface area contributed by atoms with Gasteiger partial charge in [-0.25, -0.2) is 0 Å². The second-order valence-corrected chi connectivity index (χ2v) is 5.02. The fourth-order valence-corrected chi connectivity index (χ4v) is 2.63. The first-order valence-electron chi connectivity index (χ1n) is 6.80. The first kappa shape index (κ1) is 13.8. The van der Waals surface area contributed by atoms with Gasteiger partial charge in [-0.2, -0.15) is 13.2 Å². The maximum absolute atomic E-state index is 12.9. The molecule has 0 amide bonds. The van der Waals surface area contributed by atoms with Crippen LogP contribution >= 0.6 is 0 Å². The summed E-state index contributed by atoms with van der Waals surface area (Å²) in [5.74, 6) is 0. The second-order valence-electron chi connectivity index (χ2n) is 5.02. The van der Waals surface area contributed by atoms with Gasteiger partial charge in [0.05, 0.1) is 5.56 Å². The fourth-order valence-electron chi connectivity index (χ4n) is 2.63. The highest BCUT2D eigenvalue weighted by atomic mass is 19.4. The molecule has 2 aromatic rings. The maximum Gasteiger partial charge on any atom is 0.418 e. The van der Waals surface area contributed by atoms with Crippen molar-refractivity contribution in [3.8, 4) is 0 Å². The molecule has 0 radical (unpaired) electrons. The third-order valence-corrected chi connectivity index (χ3v) is 3.63. The van der Waals surface area contributed by atoms with Crippen LogP contribution in [-0.2, 0) is 19.1 Å². The summed E-state index contributed by atoms with van der Waals surface area (Å²) in [6.45, 7) is 1.24. The monoisotopic (exact) mass is 292 g/mol. The van der Waals surface area contributed by atoms with E-state index in [-0.39, 0.29) is 5.69 Å². The fraction of sp³-hybridized carbons (Fsp3) is 0.250. The highest BCUT2D eigenvalue weighted by Crippen LogP contribution is 2.35. The number of hydrogen-bond donors (Lipinski definition) is 2. The summed E-state index contributed by atoms with van der Waals surface area (Å²) in [4.78, 5) is 0. The van der Waals surface area contributed by atoms with Crippen molar-refractivity contribution in [1.29, 1.82) is 0 Å². The van der Waals surface area contributed by atoms with Crippen LogP contribution in [0.25, 0.3) is 0 Å². The number of fused-ring (bicyclic) bond motifs is 1. The van der Waals surface area contributed by atoms with E-state index in [9.17, 15) is 13.2 Å². The standard InChI is InChI=1S/C16H15F3N2/c17-16(18,19)13-6-1-2-7-14(13)21-10-12-5-3-4-11-8-9-20-15(11)12/h1-7,20-21H,8-10H2. The zero-order chi connectivity index (χ0) is 14.9. The van der Waals surface area contributed by atoms with E-state index >= 15 is 0 Å². The SMILES string of the molecule is FC(F)(F)c1ccccc1NCc1cccc2c1NCC2. The van der Waals surface area contributed by atoms with Crippen molar-refractivity contribution >= 4 is 11.4 Å². The van der Waals surface area contributed by atoms with Crippen molar-refractivity contribution in [2.24, 2.45) is 0 Å². The van der Waals surface area contributed by atoms with Gasteiger partial charge in [-0.3, -0.25) is 0 Å². The van der Waals surface area contributed by atoms with E-state index in [1.54, 1.807) is 6.07 Å². The molecule has 0 aliphatic carbocycles. The van der Waals surface area contributed by atoms with Crippen LogP contribution in [0.3, 0.4) is 0 Å². The molecule has 0 spiro atoms. The number of benzene rings is 2. The molecule has 1 heterocycles. The van der Waals surface area contributed by atoms with E-state index in [1.165, 1.54) is 17.7 Å². The zero-order valence-electron chi connectivity index (χ0n) is 11.3. The Labute approximate surface area is 121 Å². The average molecular weight is 292 g/mol. The molecule has 0 saturated heterocycles. The van der Waals surface area contributed by atoms with Crippen LogP contribution in [0.1, 0.15) is 16.7 Å². The molecule has 0 saturated carbocycles. The van der Waals surface area contributed by atoms with Gasteiger partial charge in [0, 0.05) is 24.5 Å². The number of hydrogen-bond acceptors (Lipinski definition) is 2. The normalized spacial score (nSPS) is 13.7. The van der Waals surface area contributed by atoms with Gasteiger partial charge in [-0.15, -0.1) is 0 Å². The molecule has 1 aliphatic heterocycles. The number of halogens is 3. The summed E-state index contributed by atoms with van der Waals surface area (Å²) in [6.07, 6.45) is -3.39. The topological polar surface area (TPSA) is 24.1 Å². The number of rotatable bonds is 3. The van der Waals surface area contributed by atoms with Gasteiger partial charge in [-0.05, 0) is 29.7 Å². The summed E-state index contributed by atoms with van der Waals surface area (Å²) in [5.41, 5.74) is 2.74. The number of nitrogens with one attached hydrogen (secondary N) is 2. The van der Waals surface area contributed by atoms with Crippen molar-refractivity contribution in [3.05, 3.63) is 59.2 Å². The lowest BCUT2D eigenvalue weighted by Gasteiger charge is -2.15. The Kier molecular flexibility index (Phi) is 3.49. The molecule has 110 valence electrons. The molecule has 2 N–H and O–H groups in total. The molecule has 0 fully saturated rings. The highest BCUT2D eigenvalue weighted by molar-refractivity contribution is 5.62. The first-order chi connectivity index (χ1) is 10.1. The molecule has 0 unspecified atom stereocenters. The molecule has 3 rings (SSSR count). The third kappa shape index (κ3) is 2.82. The lowest BCUT2D eigenvalue weighted by Crippen LogP contribution is -2.11.